The minimum absolute atomic E-state index is 0.0823. The van der Waals surface area contributed by atoms with Gasteiger partial charge >= 0.3 is 0 Å². The van der Waals surface area contributed by atoms with Crippen LogP contribution in [0, 0.1) is 0 Å². The highest BCUT2D eigenvalue weighted by molar-refractivity contribution is 6.12. The molecule has 2 aromatic heterocycles. The number of rotatable bonds is 11. The molecular formula is C66H49N3. The molecule has 0 bridgehead atoms. The fraction of sp³-hybridized carbons (Fsp3) is 0.0303. The third-order valence-corrected chi connectivity index (χ3v) is 14.0. The maximum atomic E-state index is 4.24. The summed E-state index contributed by atoms with van der Waals surface area (Å²) < 4.78 is 4.75. The van der Waals surface area contributed by atoms with Gasteiger partial charge in [0.2, 0.25) is 0 Å². The van der Waals surface area contributed by atoms with Crippen LogP contribution in [-0.2, 0) is 0 Å². The molecule has 69 heavy (non-hydrogen) atoms. The summed E-state index contributed by atoms with van der Waals surface area (Å²) in [6.45, 7) is 12.7. The first-order chi connectivity index (χ1) is 34.1. The van der Waals surface area contributed by atoms with Crippen molar-refractivity contribution in [2.75, 3.05) is 4.90 Å². The van der Waals surface area contributed by atoms with Gasteiger partial charge in [0.15, 0.2) is 0 Å². The van der Waals surface area contributed by atoms with Gasteiger partial charge in [0.25, 0.3) is 0 Å². The van der Waals surface area contributed by atoms with E-state index in [0.717, 1.165) is 28.1 Å². The second-order valence-corrected chi connectivity index (χ2v) is 17.8. The Kier molecular flexibility index (Phi) is 10.5. The van der Waals surface area contributed by atoms with Gasteiger partial charge in [0.05, 0.1) is 28.1 Å². The van der Waals surface area contributed by atoms with Crippen molar-refractivity contribution in [3.05, 3.63) is 279 Å². The van der Waals surface area contributed by atoms with Crippen LogP contribution in [0.3, 0.4) is 0 Å². The Labute approximate surface area is 403 Å². The van der Waals surface area contributed by atoms with Crippen molar-refractivity contribution in [2.24, 2.45) is 0 Å². The SMILES string of the molecule is C=CC(=CC=Cc1ccc2c(c1)c1cc(-c3ccc(-c4ccc5c(c4)c4ccccc4n5-c4ccccc4)cc3)ccc1n2-c1ccccc1)c1ccc2c(c1)C(C=C)C(C=C)N2c1ccccc1. The van der Waals surface area contributed by atoms with Crippen molar-refractivity contribution in [3.8, 4) is 33.6 Å². The van der Waals surface area contributed by atoms with Crippen LogP contribution < -0.4 is 4.90 Å². The Balaban J connectivity index is 0.877. The predicted molar refractivity (Wildman–Crippen MR) is 295 cm³/mol. The van der Waals surface area contributed by atoms with Crippen molar-refractivity contribution < 1.29 is 0 Å². The molecule has 12 rings (SSSR count). The molecule has 0 saturated heterocycles. The molecule has 0 amide bonds. The normalized spacial score (nSPS) is 14.8. The lowest BCUT2D eigenvalue weighted by Crippen LogP contribution is -2.27. The Morgan fingerprint density at radius 3 is 1.51 bits per heavy atom. The number of hydrogen-bond donors (Lipinski definition) is 0. The molecule has 11 aromatic rings. The number of allylic oxidation sites excluding steroid dienone is 4. The number of aromatic nitrogens is 2. The highest BCUT2D eigenvalue weighted by atomic mass is 15.2. The van der Waals surface area contributed by atoms with Crippen LogP contribution in [0.15, 0.2) is 262 Å². The summed E-state index contributed by atoms with van der Waals surface area (Å²) >= 11 is 0. The topological polar surface area (TPSA) is 13.1 Å². The van der Waals surface area contributed by atoms with Gasteiger partial charge < -0.3 is 14.0 Å². The second kappa shape index (κ2) is 17.4. The number of anilines is 2. The van der Waals surface area contributed by atoms with E-state index in [2.05, 4.69) is 264 Å². The fourth-order valence-corrected chi connectivity index (χ4v) is 10.7. The Hall–Kier alpha value is -8.92. The van der Waals surface area contributed by atoms with Crippen LogP contribution in [0.25, 0.3) is 88.9 Å². The van der Waals surface area contributed by atoms with Gasteiger partial charge in [-0.2, -0.15) is 0 Å². The van der Waals surface area contributed by atoms with E-state index in [4.69, 9.17) is 0 Å². The maximum Gasteiger partial charge on any atom is 0.0623 e. The molecule has 0 fully saturated rings. The van der Waals surface area contributed by atoms with E-state index in [1.165, 1.54) is 82.8 Å². The van der Waals surface area contributed by atoms with Crippen LogP contribution in [0.1, 0.15) is 22.6 Å². The lowest BCUT2D eigenvalue weighted by Gasteiger charge is -2.27. The van der Waals surface area contributed by atoms with E-state index in [9.17, 15) is 0 Å². The number of hydrogen-bond acceptors (Lipinski definition) is 1. The van der Waals surface area contributed by atoms with Crippen LogP contribution in [0.5, 0.6) is 0 Å². The number of fused-ring (bicyclic) bond motifs is 7. The first-order valence-electron chi connectivity index (χ1n) is 23.7. The lowest BCUT2D eigenvalue weighted by molar-refractivity contribution is 0.755. The quantitative estimate of drug-likeness (QED) is 0.0932. The summed E-state index contributed by atoms with van der Waals surface area (Å²) in [7, 11) is 0. The van der Waals surface area contributed by atoms with Crippen molar-refractivity contribution >= 4 is 66.6 Å². The molecule has 0 saturated carbocycles. The molecule has 1 aliphatic rings. The Morgan fingerprint density at radius 2 is 0.928 bits per heavy atom. The summed E-state index contributed by atoms with van der Waals surface area (Å²) in [5.74, 6) is 0.117. The lowest BCUT2D eigenvalue weighted by atomic mass is 9.92. The van der Waals surface area contributed by atoms with Gasteiger partial charge in [-0.3, -0.25) is 0 Å². The number of nitrogens with zero attached hydrogens (tertiary/aromatic N) is 3. The highest BCUT2D eigenvalue weighted by Crippen LogP contribution is 2.47. The molecular weight excluding hydrogens is 835 g/mol. The molecule has 328 valence electrons. The summed E-state index contributed by atoms with van der Waals surface area (Å²) in [5.41, 5.74) is 18.7. The molecule has 9 aromatic carbocycles. The zero-order valence-corrected chi connectivity index (χ0v) is 38.3. The predicted octanol–water partition coefficient (Wildman–Crippen LogP) is 17.5. The van der Waals surface area contributed by atoms with Gasteiger partial charge in [0, 0.05) is 50.2 Å². The highest BCUT2D eigenvalue weighted by Gasteiger charge is 2.36. The van der Waals surface area contributed by atoms with Gasteiger partial charge in [-0.05, 0) is 136 Å². The summed E-state index contributed by atoms with van der Waals surface area (Å²) in [6.07, 6.45) is 12.5. The van der Waals surface area contributed by atoms with E-state index in [0.29, 0.717) is 0 Å². The zero-order valence-electron chi connectivity index (χ0n) is 38.3. The average Bonchev–Trinajstić information content (AvgIpc) is 4.05. The van der Waals surface area contributed by atoms with E-state index in [-0.39, 0.29) is 12.0 Å². The second-order valence-electron chi connectivity index (χ2n) is 17.8. The summed E-state index contributed by atoms with van der Waals surface area (Å²) in [4.78, 5) is 2.37. The summed E-state index contributed by atoms with van der Waals surface area (Å²) in [6, 6.07) is 76.9. The van der Waals surface area contributed by atoms with E-state index >= 15 is 0 Å². The van der Waals surface area contributed by atoms with E-state index in [1.807, 2.05) is 18.2 Å². The van der Waals surface area contributed by atoms with Crippen LogP contribution >= 0.6 is 0 Å². The maximum absolute atomic E-state index is 4.24. The average molecular weight is 884 g/mol. The van der Waals surface area contributed by atoms with Gasteiger partial charge in [-0.15, -0.1) is 13.2 Å². The largest absolute Gasteiger partial charge is 0.333 e. The molecule has 0 N–H and O–H groups in total. The third-order valence-electron chi connectivity index (χ3n) is 14.0. The van der Waals surface area contributed by atoms with Crippen molar-refractivity contribution in [1.29, 1.82) is 0 Å². The number of benzene rings is 9. The number of para-hydroxylation sites is 4. The van der Waals surface area contributed by atoms with Crippen LogP contribution in [-0.4, -0.2) is 15.2 Å². The van der Waals surface area contributed by atoms with Gasteiger partial charge in [-0.1, -0.05) is 164 Å². The van der Waals surface area contributed by atoms with E-state index < -0.39 is 0 Å². The first kappa shape index (κ1) is 41.5. The molecule has 0 aliphatic carbocycles. The van der Waals surface area contributed by atoms with Crippen LogP contribution in [0.2, 0.25) is 0 Å². The fourth-order valence-electron chi connectivity index (χ4n) is 10.7. The Bertz CT molecular complexity index is 3830. The molecule has 3 heterocycles. The third kappa shape index (κ3) is 7.15. The smallest absolute Gasteiger partial charge is 0.0623 e. The van der Waals surface area contributed by atoms with Crippen molar-refractivity contribution in [2.45, 2.75) is 12.0 Å². The van der Waals surface area contributed by atoms with Gasteiger partial charge in [0.1, 0.15) is 0 Å². The molecule has 2 atom stereocenters. The molecule has 1 aliphatic heterocycles. The van der Waals surface area contributed by atoms with Crippen LogP contribution in [0.4, 0.5) is 11.4 Å². The standard InChI is InChI=1S/C66H49N3/c1-4-46(49-34-38-64-58(42-49)55(5-2)61(6-3)67(64)52-21-10-7-11-22-52)20-18-19-45-29-37-63-57(41-45)60-44-51(36-40-66(60)69(63)54-25-14-9-15-26-54)48-32-30-47(31-33-48)50-35-39-65-59(43-50)56-27-16-17-28-62(56)68(65)53-23-12-8-13-24-53/h4-44,55,61H,1-3H2. The van der Waals surface area contributed by atoms with Gasteiger partial charge in [-0.25, -0.2) is 0 Å². The van der Waals surface area contributed by atoms with Crippen molar-refractivity contribution in [3.63, 3.8) is 0 Å². The van der Waals surface area contributed by atoms with E-state index in [1.54, 1.807) is 0 Å². The molecule has 3 heteroatoms. The first-order valence-corrected chi connectivity index (χ1v) is 23.7. The minimum Gasteiger partial charge on any atom is -0.333 e. The molecule has 2 unspecified atom stereocenters. The Morgan fingerprint density at radius 1 is 0.420 bits per heavy atom. The molecule has 0 spiro atoms. The molecule has 0 radical (unpaired) electrons. The minimum atomic E-state index is 0.0823. The monoisotopic (exact) mass is 883 g/mol. The molecule has 3 nitrogen and oxygen atoms in total. The zero-order chi connectivity index (χ0) is 46.4. The summed E-state index contributed by atoms with van der Waals surface area (Å²) in [5, 5.41) is 4.93. The van der Waals surface area contributed by atoms with Crippen molar-refractivity contribution in [1.82, 2.24) is 9.13 Å².